The highest BCUT2D eigenvalue weighted by molar-refractivity contribution is 5.47. The van der Waals surface area contributed by atoms with Crippen LogP contribution in [0.15, 0.2) is 42.6 Å². The largest absolute Gasteiger partial charge is 0.491 e. The second-order valence-electron chi connectivity index (χ2n) is 5.20. The second-order valence-corrected chi connectivity index (χ2v) is 5.20. The topological polar surface area (TPSA) is 34.1 Å². The predicted octanol–water partition coefficient (Wildman–Crippen LogP) is 4.57. The zero-order chi connectivity index (χ0) is 15.2. The molecular weight excluding hydrogens is 267 g/mol. The molecule has 0 fully saturated rings. The van der Waals surface area contributed by atoms with Gasteiger partial charge in [0.25, 0.3) is 0 Å². The fourth-order valence-electron chi connectivity index (χ4n) is 2.08. The van der Waals surface area contributed by atoms with Gasteiger partial charge < -0.3 is 10.1 Å². The van der Waals surface area contributed by atoms with E-state index in [2.05, 4.69) is 17.2 Å². The van der Waals surface area contributed by atoms with Crippen molar-refractivity contribution in [3.63, 3.8) is 0 Å². The molecule has 3 nitrogen and oxygen atoms in total. The molecule has 1 atom stereocenters. The molecule has 0 aliphatic rings. The van der Waals surface area contributed by atoms with Gasteiger partial charge in [0, 0.05) is 5.69 Å². The van der Waals surface area contributed by atoms with Gasteiger partial charge >= 0.3 is 0 Å². The number of anilines is 1. The van der Waals surface area contributed by atoms with Crippen LogP contribution in [0, 0.1) is 5.82 Å². The summed E-state index contributed by atoms with van der Waals surface area (Å²) in [4.78, 5) is 4.14. The third-order valence-electron chi connectivity index (χ3n) is 3.08. The number of aromatic nitrogens is 1. The molecule has 1 aromatic heterocycles. The van der Waals surface area contributed by atoms with Gasteiger partial charge in [0.05, 0.1) is 24.0 Å². The Bertz CT molecular complexity index is 552. The van der Waals surface area contributed by atoms with E-state index in [4.69, 9.17) is 4.74 Å². The molecule has 0 amide bonds. The van der Waals surface area contributed by atoms with Gasteiger partial charge in [0.1, 0.15) is 11.6 Å². The number of halogens is 1. The van der Waals surface area contributed by atoms with E-state index in [1.54, 1.807) is 6.07 Å². The molecule has 1 heterocycles. The standard InChI is InChI=1S/C17H21FN2O/c1-4-16(17-10-5-13(18)11-19-17)20-14-6-8-15(9-7-14)21-12(2)3/h5-12,16,20H,4H2,1-3H3. The Morgan fingerprint density at radius 1 is 1.14 bits per heavy atom. The predicted molar refractivity (Wildman–Crippen MR) is 83.1 cm³/mol. The summed E-state index contributed by atoms with van der Waals surface area (Å²) in [7, 11) is 0. The van der Waals surface area contributed by atoms with Crippen molar-refractivity contribution in [3.05, 3.63) is 54.1 Å². The first-order chi connectivity index (χ1) is 10.1. The third-order valence-corrected chi connectivity index (χ3v) is 3.08. The Morgan fingerprint density at radius 2 is 1.86 bits per heavy atom. The molecule has 2 rings (SSSR count). The molecule has 0 aliphatic heterocycles. The highest BCUT2D eigenvalue weighted by Gasteiger charge is 2.10. The van der Waals surface area contributed by atoms with Crippen molar-refractivity contribution >= 4 is 5.69 Å². The fourth-order valence-corrected chi connectivity index (χ4v) is 2.08. The lowest BCUT2D eigenvalue weighted by molar-refractivity contribution is 0.242. The van der Waals surface area contributed by atoms with Gasteiger partial charge in [0.15, 0.2) is 0 Å². The summed E-state index contributed by atoms with van der Waals surface area (Å²) in [5.74, 6) is 0.535. The summed E-state index contributed by atoms with van der Waals surface area (Å²) >= 11 is 0. The zero-order valence-electron chi connectivity index (χ0n) is 12.6. The Morgan fingerprint density at radius 3 is 2.38 bits per heavy atom. The Balaban J connectivity index is 2.06. The number of hydrogen-bond acceptors (Lipinski definition) is 3. The number of pyridine rings is 1. The highest BCUT2D eigenvalue weighted by atomic mass is 19.1. The average Bonchev–Trinajstić information content (AvgIpc) is 2.47. The van der Waals surface area contributed by atoms with Gasteiger partial charge in [-0.1, -0.05) is 6.92 Å². The molecule has 1 aromatic carbocycles. The number of nitrogens with one attached hydrogen (secondary N) is 1. The minimum absolute atomic E-state index is 0.0578. The van der Waals surface area contributed by atoms with Gasteiger partial charge in [-0.15, -0.1) is 0 Å². The summed E-state index contributed by atoms with van der Waals surface area (Å²) in [6.07, 6.45) is 2.28. The first-order valence-electron chi connectivity index (χ1n) is 7.23. The number of rotatable bonds is 6. The highest BCUT2D eigenvalue weighted by Crippen LogP contribution is 2.23. The molecule has 0 bridgehead atoms. The zero-order valence-corrected chi connectivity index (χ0v) is 12.6. The quantitative estimate of drug-likeness (QED) is 0.845. The van der Waals surface area contributed by atoms with E-state index in [1.165, 1.54) is 12.3 Å². The minimum Gasteiger partial charge on any atom is -0.491 e. The van der Waals surface area contributed by atoms with E-state index in [0.29, 0.717) is 0 Å². The summed E-state index contributed by atoms with van der Waals surface area (Å²) in [5.41, 5.74) is 1.82. The summed E-state index contributed by atoms with van der Waals surface area (Å²) < 4.78 is 18.5. The maximum absolute atomic E-state index is 12.9. The van der Waals surface area contributed by atoms with Crippen molar-refractivity contribution in [1.82, 2.24) is 4.98 Å². The lowest BCUT2D eigenvalue weighted by Gasteiger charge is -2.18. The van der Waals surface area contributed by atoms with E-state index in [0.717, 1.165) is 23.6 Å². The Hall–Kier alpha value is -2.10. The van der Waals surface area contributed by atoms with E-state index in [1.807, 2.05) is 38.1 Å². The molecule has 0 saturated heterocycles. The van der Waals surface area contributed by atoms with Gasteiger partial charge in [-0.05, 0) is 56.7 Å². The average molecular weight is 288 g/mol. The molecule has 112 valence electrons. The molecule has 1 N–H and O–H groups in total. The summed E-state index contributed by atoms with van der Waals surface area (Å²) in [6.45, 7) is 6.07. The smallest absolute Gasteiger partial charge is 0.141 e. The number of ether oxygens (including phenoxy) is 1. The van der Waals surface area contributed by atoms with Crippen molar-refractivity contribution in [2.45, 2.75) is 39.3 Å². The SMILES string of the molecule is CCC(Nc1ccc(OC(C)C)cc1)c1ccc(F)cn1. The van der Waals surface area contributed by atoms with Crippen LogP contribution >= 0.6 is 0 Å². The molecule has 21 heavy (non-hydrogen) atoms. The van der Waals surface area contributed by atoms with Crippen LogP contribution < -0.4 is 10.1 Å². The summed E-state index contributed by atoms with van der Waals surface area (Å²) in [5, 5.41) is 3.40. The van der Waals surface area contributed by atoms with Crippen molar-refractivity contribution in [3.8, 4) is 5.75 Å². The molecule has 0 spiro atoms. The van der Waals surface area contributed by atoms with Gasteiger partial charge in [0.2, 0.25) is 0 Å². The fraction of sp³-hybridized carbons (Fsp3) is 0.353. The first-order valence-corrected chi connectivity index (χ1v) is 7.23. The lowest BCUT2D eigenvalue weighted by atomic mass is 10.1. The molecule has 1 unspecified atom stereocenters. The monoisotopic (exact) mass is 288 g/mol. The maximum atomic E-state index is 12.9. The molecule has 4 heteroatoms. The van der Waals surface area contributed by atoms with Gasteiger partial charge in [-0.25, -0.2) is 4.39 Å². The molecule has 0 aliphatic carbocycles. The van der Waals surface area contributed by atoms with Crippen LogP contribution in [0.4, 0.5) is 10.1 Å². The Kier molecular flexibility index (Phi) is 5.14. The second kappa shape index (κ2) is 7.07. The van der Waals surface area contributed by atoms with Crippen LogP contribution in [0.5, 0.6) is 5.75 Å². The van der Waals surface area contributed by atoms with Crippen LogP contribution in [0.3, 0.4) is 0 Å². The van der Waals surface area contributed by atoms with Crippen molar-refractivity contribution < 1.29 is 9.13 Å². The van der Waals surface area contributed by atoms with E-state index >= 15 is 0 Å². The number of nitrogens with zero attached hydrogens (tertiary/aromatic N) is 1. The molecule has 2 aromatic rings. The Labute approximate surface area is 125 Å². The van der Waals surface area contributed by atoms with E-state index < -0.39 is 0 Å². The van der Waals surface area contributed by atoms with Crippen molar-refractivity contribution in [2.75, 3.05) is 5.32 Å². The molecular formula is C17H21FN2O. The van der Waals surface area contributed by atoms with Crippen LogP contribution in [0.25, 0.3) is 0 Å². The van der Waals surface area contributed by atoms with E-state index in [9.17, 15) is 4.39 Å². The van der Waals surface area contributed by atoms with Crippen LogP contribution in [-0.2, 0) is 0 Å². The van der Waals surface area contributed by atoms with Gasteiger partial charge in [-0.3, -0.25) is 4.98 Å². The minimum atomic E-state index is -0.316. The summed E-state index contributed by atoms with van der Waals surface area (Å²) in [6, 6.07) is 11.0. The van der Waals surface area contributed by atoms with Gasteiger partial charge in [-0.2, -0.15) is 0 Å². The molecule has 0 radical (unpaired) electrons. The van der Waals surface area contributed by atoms with Crippen LogP contribution in [-0.4, -0.2) is 11.1 Å². The van der Waals surface area contributed by atoms with Crippen molar-refractivity contribution in [2.24, 2.45) is 0 Å². The van der Waals surface area contributed by atoms with Crippen LogP contribution in [0.1, 0.15) is 38.9 Å². The normalized spacial score (nSPS) is 12.2. The maximum Gasteiger partial charge on any atom is 0.141 e. The first kappa shape index (κ1) is 15.3. The number of hydrogen-bond donors (Lipinski definition) is 1. The number of benzene rings is 1. The van der Waals surface area contributed by atoms with Crippen molar-refractivity contribution in [1.29, 1.82) is 0 Å². The van der Waals surface area contributed by atoms with E-state index in [-0.39, 0.29) is 18.0 Å². The lowest BCUT2D eigenvalue weighted by Crippen LogP contribution is -2.11. The molecule has 0 saturated carbocycles. The van der Waals surface area contributed by atoms with Crippen LogP contribution in [0.2, 0.25) is 0 Å². The third kappa shape index (κ3) is 4.45.